The minimum absolute atomic E-state index is 1.08. The molecule has 164 valence electrons. The molecule has 0 saturated heterocycles. The molecule has 0 saturated carbocycles. The summed E-state index contributed by atoms with van der Waals surface area (Å²) in [6, 6.07) is 1.08. The first-order valence-corrected chi connectivity index (χ1v) is 25.1. The lowest BCUT2D eigenvalue weighted by atomic mass is 10.1. The summed E-state index contributed by atoms with van der Waals surface area (Å²) in [6.45, 7) is 24.5. The monoisotopic (exact) mass is 468 g/mol. The van der Waals surface area contributed by atoms with Gasteiger partial charge in [0.2, 0.25) is 0 Å². The van der Waals surface area contributed by atoms with Crippen molar-refractivity contribution < 1.29 is 16.5 Å². The van der Waals surface area contributed by atoms with Crippen LogP contribution < -0.4 is 0 Å². The van der Waals surface area contributed by atoms with E-state index in [1.807, 2.05) is 0 Å². The Hall–Kier alpha value is 0.924. The number of hydrogen-bond donors (Lipinski definition) is 0. The lowest BCUT2D eigenvalue weighted by Crippen LogP contribution is -2.56. The first kappa shape index (κ1) is 27.9. The molecule has 0 aromatic carbocycles. The van der Waals surface area contributed by atoms with Gasteiger partial charge >= 0.3 is 17.1 Å². The highest BCUT2D eigenvalue weighted by Gasteiger charge is 2.43. The maximum Gasteiger partial charge on any atom is 0.315 e. The Balaban J connectivity index is 4.85. The third-order valence-corrected chi connectivity index (χ3v) is 20.8. The SMILES string of the molecule is CCCCCCCC[Si](C)(O[Si](C)(C)C)O[Si](C)(C)O[SiH](C)O[Si](C)(C)C. The molecular weight excluding hydrogens is 421 g/mol. The molecule has 0 heterocycles. The van der Waals surface area contributed by atoms with Crippen molar-refractivity contribution in [3.8, 4) is 0 Å². The normalized spacial score (nSPS) is 17.0. The Labute approximate surface area is 176 Å². The zero-order valence-electron chi connectivity index (χ0n) is 20.2. The van der Waals surface area contributed by atoms with E-state index < -0.39 is 43.0 Å². The second-order valence-electron chi connectivity index (χ2n) is 10.3. The van der Waals surface area contributed by atoms with Crippen LogP contribution in [0.4, 0.5) is 0 Å². The van der Waals surface area contributed by atoms with E-state index in [9.17, 15) is 0 Å². The molecular formula is C18H48O4Si5. The Morgan fingerprint density at radius 1 is 0.630 bits per heavy atom. The summed E-state index contributed by atoms with van der Waals surface area (Å²) < 4.78 is 26.1. The first-order chi connectivity index (χ1) is 12.1. The third kappa shape index (κ3) is 16.4. The van der Waals surface area contributed by atoms with Gasteiger partial charge in [0, 0.05) is 0 Å². The van der Waals surface area contributed by atoms with Crippen LogP contribution in [0.2, 0.25) is 71.5 Å². The molecule has 4 nitrogen and oxygen atoms in total. The number of hydrogen-bond acceptors (Lipinski definition) is 4. The standard InChI is InChI=1S/C18H48O4Si5/c1-12-13-14-15-16-17-18-27(11,21-25(6,7)8)22-26(9,10)20-23(2)19-24(3,4)5/h23H,12-18H2,1-11H3. The van der Waals surface area contributed by atoms with Gasteiger partial charge in [-0.25, -0.2) is 0 Å². The van der Waals surface area contributed by atoms with Crippen LogP contribution in [-0.4, -0.2) is 43.0 Å². The van der Waals surface area contributed by atoms with Gasteiger partial charge in [0.05, 0.1) is 0 Å². The maximum atomic E-state index is 6.75. The van der Waals surface area contributed by atoms with Crippen LogP contribution in [-0.2, 0) is 16.5 Å². The average molecular weight is 469 g/mol. The Morgan fingerprint density at radius 3 is 1.63 bits per heavy atom. The summed E-state index contributed by atoms with van der Waals surface area (Å²) >= 11 is 0. The quantitative estimate of drug-likeness (QED) is 0.198. The summed E-state index contributed by atoms with van der Waals surface area (Å²) in [5, 5.41) is 0. The fraction of sp³-hybridized carbons (Fsp3) is 1.00. The molecule has 0 amide bonds. The van der Waals surface area contributed by atoms with E-state index >= 15 is 0 Å². The fourth-order valence-corrected chi connectivity index (χ4v) is 23.5. The van der Waals surface area contributed by atoms with Crippen molar-refractivity contribution in [2.45, 2.75) is 117 Å². The summed E-state index contributed by atoms with van der Waals surface area (Å²) in [5.41, 5.74) is 0. The molecule has 2 unspecified atom stereocenters. The second kappa shape index (κ2) is 11.9. The Bertz CT molecular complexity index is 410. The molecule has 0 spiro atoms. The number of rotatable bonds is 15. The summed E-state index contributed by atoms with van der Waals surface area (Å²) in [5.74, 6) is 0. The van der Waals surface area contributed by atoms with E-state index in [0.29, 0.717) is 0 Å². The van der Waals surface area contributed by atoms with Crippen LogP contribution in [0.25, 0.3) is 0 Å². The van der Waals surface area contributed by atoms with E-state index in [2.05, 4.69) is 72.4 Å². The minimum atomic E-state index is -2.26. The van der Waals surface area contributed by atoms with E-state index in [0.717, 1.165) is 6.04 Å². The van der Waals surface area contributed by atoms with Crippen molar-refractivity contribution in [1.29, 1.82) is 0 Å². The molecule has 0 radical (unpaired) electrons. The molecule has 0 aliphatic carbocycles. The highest BCUT2D eigenvalue weighted by Crippen LogP contribution is 2.27. The maximum absolute atomic E-state index is 6.75. The van der Waals surface area contributed by atoms with Crippen molar-refractivity contribution >= 4 is 43.0 Å². The van der Waals surface area contributed by atoms with Crippen LogP contribution in [0, 0.1) is 0 Å². The highest BCUT2D eigenvalue weighted by atomic mass is 28.5. The molecule has 9 heteroatoms. The lowest BCUT2D eigenvalue weighted by molar-refractivity contribution is 0.305. The molecule has 27 heavy (non-hydrogen) atoms. The van der Waals surface area contributed by atoms with Gasteiger partial charge in [-0.05, 0) is 71.5 Å². The van der Waals surface area contributed by atoms with E-state index in [-0.39, 0.29) is 0 Å². The van der Waals surface area contributed by atoms with E-state index in [1.54, 1.807) is 0 Å². The van der Waals surface area contributed by atoms with Crippen LogP contribution in [0.5, 0.6) is 0 Å². The molecule has 0 bridgehead atoms. The smallest absolute Gasteiger partial charge is 0.315 e. The lowest BCUT2D eigenvalue weighted by Gasteiger charge is -2.40. The van der Waals surface area contributed by atoms with Crippen molar-refractivity contribution in [2.75, 3.05) is 0 Å². The zero-order chi connectivity index (χ0) is 21.4. The third-order valence-electron chi connectivity index (χ3n) is 3.94. The van der Waals surface area contributed by atoms with Crippen LogP contribution in [0.3, 0.4) is 0 Å². The van der Waals surface area contributed by atoms with Crippen molar-refractivity contribution in [2.24, 2.45) is 0 Å². The van der Waals surface area contributed by atoms with Crippen molar-refractivity contribution in [3.05, 3.63) is 0 Å². The van der Waals surface area contributed by atoms with E-state index in [1.165, 1.54) is 38.5 Å². The van der Waals surface area contributed by atoms with E-state index in [4.69, 9.17) is 16.5 Å². The van der Waals surface area contributed by atoms with Gasteiger partial charge in [0.15, 0.2) is 16.6 Å². The van der Waals surface area contributed by atoms with Gasteiger partial charge in [-0.3, -0.25) is 0 Å². The Kier molecular flexibility index (Phi) is 12.4. The van der Waals surface area contributed by atoms with Gasteiger partial charge in [0.25, 0.3) is 9.28 Å². The van der Waals surface area contributed by atoms with Crippen LogP contribution in [0.1, 0.15) is 45.4 Å². The summed E-state index contributed by atoms with van der Waals surface area (Å²) in [7, 11) is -9.39. The molecule has 0 N–H and O–H groups in total. The molecule has 0 aliphatic rings. The fourth-order valence-electron chi connectivity index (χ4n) is 3.46. The van der Waals surface area contributed by atoms with Crippen molar-refractivity contribution in [1.82, 2.24) is 0 Å². The predicted octanol–water partition coefficient (Wildman–Crippen LogP) is 6.71. The van der Waals surface area contributed by atoms with Crippen molar-refractivity contribution in [3.63, 3.8) is 0 Å². The molecule has 2 atom stereocenters. The minimum Gasteiger partial charge on any atom is -0.439 e. The van der Waals surface area contributed by atoms with Gasteiger partial charge < -0.3 is 16.5 Å². The summed E-state index contributed by atoms with van der Waals surface area (Å²) in [6.07, 6.45) is 7.83. The molecule has 0 aromatic heterocycles. The van der Waals surface area contributed by atoms with Gasteiger partial charge in [-0.1, -0.05) is 45.4 Å². The average Bonchev–Trinajstić information content (AvgIpc) is 2.36. The second-order valence-corrected chi connectivity index (χ2v) is 29.0. The topological polar surface area (TPSA) is 36.9 Å². The zero-order valence-corrected chi connectivity index (χ0v) is 25.3. The largest absolute Gasteiger partial charge is 0.439 e. The van der Waals surface area contributed by atoms with Gasteiger partial charge in [-0.2, -0.15) is 0 Å². The number of unbranched alkanes of at least 4 members (excludes halogenated alkanes) is 5. The molecule has 0 aliphatic heterocycles. The van der Waals surface area contributed by atoms with Gasteiger partial charge in [-0.15, -0.1) is 0 Å². The molecule has 0 fully saturated rings. The van der Waals surface area contributed by atoms with Gasteiger partial charge in [0.1, 0.15) is 0 Å². The summed E-state index contributed by atoms with van der Waals surface area (Å²) in [4.78, 5) is 0. The first-order valence-electron chi connectivity index (χ1n) is 10.8. The van der Waals surface area contributed by atoms with Crippen LogP contribution in [0.15, 0.2) is 0 Å². The predicted molar refractivity (Wildman–Crippen MR) is 131 cm³/mol. The highest BCUT2D eigenvalue weighted by molar-refractivity contribution is 6.88. The van der Waals surface area contributed by atoms with Crippen LogP contribution >= 0.6 is 0 Å². The molecule has 0 aromatic rings. The molecule has 0 rings (SSSR count). The Morgan fingerprint density at radius 2 is 1.15 bits per heavy atom.